The summed E-state index contributed by atoms with van der Waals surface area (Å²) in [5.41, 5.74) is 9.09. The van der Waals surface area contributed by atoms with E-state index in [2.05, 4.69) is 47.1 Å². The van der Waals surface area contributed by atoms with Gasteiger partial charge in [0.25, 0.3) is 5.91 Å². The summed E-state index contributed by atoms with van der Waals surface area (Å²) in [7, 11) is 0. The second-order valence-corrected chi connectivity index (χ2v) is 8.20. The smallest absolute Gasteiger partial charge is 0.282 e. The molecule has 144 valence electrons. The van der Waals surface area contributed by atoms with Crippen LogP contribution in [0.4, 0.5) is 5.69 Å². The third kappa shape index (κ3) is 4.94. The summed E-state index contributed by atoms with van der Waals surface area (Å²) in [6.45, 7) is 6.18. The third-order valence-corrected chi connectivity index (χ3v) is 5.29. The van der Waals surface area contributed by atoms with Gasteiger partial charge in [0.05, 0.1) is 10.7 Å². The van der Waals surface area contributed by atoms with Crippen LogP contribution in [-0.4, -0.2) is 16.0 Å². The van der Waals surface area contributed by atoms with Gasteiger partial charge >= 0.3 is 0 Å². The first-order valence-electron chi connectivity index (χ1n) is 8.94. The number of nitrogens with one attached hydrogen (secondary N) is 3. The van der Waals surface area contributed by atoms with Crippen molar-refractivity contribution in [2.45, 2.75) is 26.7 Å². The molecule has 0 saturated carbocycles. The van der Waals surface area contributed by atoms with Gasteiger partial charge in [-0.25, -0.2) is 4.98 Å². The summed E-state index contributed by atoms with van der Waals surface area (Å²) in [5.74, 6) is 0.198. The number of hydrazine groups is 1. The predicted octanol–water partition coefficient (Wildman–Crippen LogP) is 4.87. The lowest BCUT2D eigenvalue weighted by molar-refractivity contribution is 0.0948. The first-order valence-corrected chi connectivity index (χ1v) is 10.2. The average molecular weight is 411 g/mol. The molecule has 7 heteroatoms. The number of aryl methyl sites for hydroxylation is 1. The first kappa shape index (κ1) is 20.0. The average Bonchev–Trinajstić information content (AvgIpc) is 3.09. The molecule has 3 rings (SSSR count). The van der Waals surface area contributed by atoms with Crippen LogP contribution in [0.2, 0.25) is 0 Å². The van der Waals surface area contributed by atoms with E-state index < -0.39 is 0 Å². The SMILES string of the molecule is Cc1nc(-c2ccccc2)c(C(=O)NNC(=S)Nc2ccc(C(C)C)cc2)s1. The van der Waals surface area contributed by atoms with E-state index in [1.54, 1.807) is 0 Å². The maximum Gasteiger partial charge on any atom is 0.282 e. The van der Waals surface area contributed by atoms with Crippen LogP contribution in [0.25, 0.3) is 11.3 Å². The summed E-state index contributed by atoms with van der Waals surface area (Å²) in [5, 5.41) is 4.20. The highest BCUT2D eigenvalue weighted by Crippen LogP contribution is 2.27. The number of hydrogen-bond acceptors (Lipinski definition) is 4. The van der Waals surface area contributed by atoms with Gasteiger partial charge in [-0.3, -0.25) is 15.6 Å². The molecule has 1 heterocycles. The molecule has 0 aliphatic carbocycles. The van der Waals surface area contributed by atoms with Gasteiger partial charge in [0.15, 0.2) is 5.11 Å². The van der Waals surface area contributed by atoms with Crippen molar-refractivity contribution in [1.29, 1.82) is 0 Å². The Balaban J connectivity index is 1.62. The molecular weight excluding hydrogens is 388 g/mol. The monoisotopic (exact) mass is 410 g/mol. The quantitative estimate of drug-likeness (QED) is 0.423. The number of carbonyl (C=O) groups excluding carboxylic acids is 1. The van der Waals surface area contributed by atoms with Crippen LogP contribution in [0.3, 0.4) is 0 Å². The summed E-state index contributed by atoms with van der Waals surface area (Å²) in [6.07, 6.45) is 0. The maximum atomic E-state index is 12.6. The lowest BCUT2D eigenvalue weighted by atomic mass is 10.0. The molecule has 3 N–H and O–H groups in total. The minimum absolute atomic E-state index is 0.274. The second-order valence-electron chi connectivity index (χ2n) is 6.59. The Labute approximate surface area is 174 Å². The van der Waals surface area contributed by atoms with Gasteiger partial charge in [0, 0.05) is 11.3 Å². The standard InChI is InChI=1S/C21H22N4OS2/c1-13(2)15-9-11-17(12-10-15)23-21(27)25-24-20(26)19-18(22-14(3)28-19)16-7-5-4-6-8-16/h4-13H,1-3H3,(H,24,26)(H2,23,25,27). The van der Waals surface area contributed by atoms with Gasteiger partial charge in [-0.15, -0.1) is 11.3 Å². The molecule has 1 aromatic heterocycles. The van der Waals surface area contributed by atoms with Gasteiger partial charge in [0.2, 0.25) is 0 Å². The number of nitrogens with zero attached hydrogens (tertiary/aromatic N) is 1. The molecule has 0 fully saturated rings. The molecule has 0 unspecified atom stereocenters. The summed E-state index contributed by atoms with van der Waals surface area (Å²) in [4.78, 5) is 17.7. The zero-order valence-corrected chi connectivity index (χ0v) is 17.6. The molecule has 0 atom stereocenters. The molecule has 0 bridgehead atoms. The fraction of sp³-hybridized carbons (Fsp3) is 0.190. The highest BCUT2D eigenvalue weighted by atomic mass is 32.1. The van der Waals surface area contributed by atoms with Gasteiger partial charge in [-0.2, -0.15) is 0 Å². The van der Waals surface area contributed by atoms with Crippen LogP contribution < -0.4 is 16.2 Å². The van der Waals surface area contributed by atoms with Crippen LogP contribution in [0.5, 0.6) is 0 Å². The van der Waals surface area contributed by atoms with Gasteiger partial charge < -0.3 is 5.32 Å². The Bertz CT molecular complexity index is 966. The van der Waals surface area contributed by atoms with Crippen molar-refractivity contribution in [3.63, 3.8) is 0 Å². The highest BCUT2D eigenvalue weighted by molar-refractivity contribution is 7.80. The fourth-order valence-electron chi connectivity index (χ4n) is 2.66. The number of thiazole rings is 1. The van der Waals surface area contributed by atoms with Crippen molar-refractivity contribution in [3.05, 3.63) is 70.0 Å². The van der Waals surface area contributed by atoms with E-state index in [9.17, 15) is 4.79 Å². The number of carbonyl (C=O) groups is 1. The Morgan fingerprint density at radius 1 is 1.04 bits per heavy atom. The van der Waals surface area contributed by atoms with Crippen molar-refractivity contribution >= 4 is 40.3 Å². The molecule has 0 radical (unpaired) electrons. The largest absolute Gasteiger partial charge is 0.331 e. The summed E-state index contributed by atoms with van der Waals surface area (Å²) < 4.78 is 0. The Morgan fingerprint density at radius 2 is 1.71 bits per heavy atom. The van der Waals surface area contributed by atoms with Crippen LogP contribution in [0.15, 0.2) is 54.6 Å². The van der Waals surface area contributed by atoms with E-state index in [4.69, 9.17) is 12.2 Å². The second kappa shape index (κ2) is 8.95. The molecule has 0 spiro atoms. The van der Waals surface area contributed by atoms with Crippen LogP contribution in [-0.2, 0) is 0 Å². The van der Waals surface area contributed by atoms with E-state index in [1.165, 1.54) is 16.9 Å². The zero-order chi connectivity index (χ0) is 20.1. The number of rotatable bonds is 4. The molecule has 0 aliphatic heterocycles. The molecule has 2 aromatic carbocycles. The minimum Gasteiger partial charge on any atom is -0.331 e. The van der Waals surface area contributed by atoms with Crippen molar-refractivity contribution < 1.29 is 4.79 Å². The summed E-state index contributed by atoms with van der Waals surface area (Å²) in [6, 6.07) is 17.7. The van der Waals surface area contributed by atoms with Gasteiger partial charge in [-0.1, -0.05) is 56.3 Å². The fourth-order valence-corrected chi connectivity index (χ4v) is 3.66. The van der Waals surface area contributed by atoms with Crippen molar-refractivity contribution in [3.8, 4) is 11.3 Å². The molecule has 0 aliphatic rings. The highest BCUT2D eigenvalue weighted by Gasteiger charge is 2.18. The van der Waals surface area contributed by atoms with Crippen LogP contribution in [0.1, 0.15) is 40.0 Å². The van der Waals surface area contributed by atoms with Crippen LogP contribution in [0, 0.1) is 6.92 Å². The molecule has 3 aromatic rings. The number of benzene rings is 2. The molecule has 0 saturated heterocycles. The topological polar surface area (TPSA) is 66.0 Å². The van der Waals surface area contributed by atoms with E-state index in [0.717, 1.165) is 16.3 Å². The Morgan fingerprint density at radius 3 is 2.36 bits per heavy atom. The molecule has 1 amide bonds. The lowest BCUT2D eigenvalue weighted by Gasteiger charge is -2.12. The van der Waals surface area contributed by atoms with E-state index >= 15 is 0 Å². The van der Waals surface area contributed by atoms with Crippen molar-refractivity contribution in [2.75, 3.05) is 5.32 Å². The first-order chi connectivity index (χ1) is 13.4. The van der Waals surface area contributed by atoms with E-state index in [0.29, 0.717) is 21.6 Å². The van der Waals surface area contributed by atoms with E-state index in [1.807, 2.05) is 49.4 Å². The maximum absolute atomic E-state index is 12.6. The number of hydrogen-bond donors (Lipinski definition) is 3. The number of amides is 1. The zero-order valence-electron chi connectivity index (χ0n) is 15.9. The molecular formula is C21H22N4OS2. The lowest BCUT2D eigenvalue weighted by Crippen LogP contribution is -2.43. The van der Waals surface area contributed by atoms with E-state index in [-0.39, 0.29) is 5.91 Å². The molecule has 28 heavy (non-hydrogen) atoms. The Hall–Kier alpha value is -2.77. The van der Waals surface area contributed by atoms with Crippen molar-refractivity contribution in [1.82, 2.24) is 15.8 Å². The number of anilines is 1. The minimum atomic E-state index is -0.274. The molecule has 5 nitrogen and oxygen atoms in total. The third-order valence-electron chi connectivity index (χ3n) is 4.11. The number of aromatic nitrogens is 1. The summed E-state index contributed by atoms with van der Waals surface area (Å²) >= 11 is 6.62. The van der Waals surface area contributed by atoms with Gasteiger partial charge in [-0.05, 0) is 42.8 Å². The van der Waals surface area contributed by atoms with Crippen molar-refractivity contribution in [2.24, 2.45) is 0 Å². The Kier molecular flexibility index (Phi) is 6.38. The normalized spacial score (nSPS) is 10.6. The predicted molar refractivity (Wildman–Crippen MR) is 120 cm³/mol. The van der Waals surface area contributed by atoms with Gasteiger partial charge in [0.1, 0.15) is 4.88 Å². The number of thiocarbonyl (C=S) groups is 1. The van der Waals surface area contributed by atoms with Crippen LogP contribution >= 0.6 is 23.6 Å².